The molecule has 0 radical (unpaired) electrons. The molecule has 0 amide bonds. The third kappa shape index (κ3) is 6.50. The minimum absolute atomic E-state index is 0.211. The van der Waals surface area contributed by atoms with Crippen molar-refractivity contribution in [2.24, 2.45) is 4.99 Å². The van der Waals surface area contributed by atoms with E-state index in [-0.39, 0.29) is 6.04 Å². The van der Waals surface area contributed by atoms with Crippen molar-refractivity contribution in [3.63, 3.8) is 0 Å². The van der Waals surface area contributed by atoms with Crippen molar-refractivity contribution < 1.29 is 9.15 Å². The van der Waals surface area contributed by atoms with Crippen LogP contribution < -0.4 is 15.4 Å². The van der Waals surface area contributed by atoms with Crippen molar-refractivity contribution in [2.75, 3.05) is 53.9 Å². The van der Waals surface area contributed by atoms with Gasteiger partial charge in [-0.25, -0.2) is 0 Å². The van der Waals surface area contributed by atoms with E-state index in [1.54, 1.807) is 13.3 Å². The van der Waals surface area contributed by atoms with Crippen LogP contribution >= 0.6 is 0 Å². The highest BCUT2D eigenvalue weighted by Gasteiger charge is 2.25. The monoisotopic (exact) mass is 413 g/mol. The molecule has 1 atom stereocenters. The van der Waals surface area contributed by atoms with E-state index in [0.29, 0.717) is 13.2 Å². The van der Waals surface area contributed by atoms with Crippen LogP contribution in [0.15, 0.2) is 52.1 Å². The number of hydrogen-bond acceptors (Lipinski definition) is 5. The van der Waals surface area contributed by atoms with E-state index in [2.05, 4.69) is 37.6 Å². The van der Waals surface area contributed by atoms with Crippen LogP contribution in [0.5, 0.6) is 5.75 Å². The maximum absolute atomic E-state index is 5.97. The Hall–Kier alpha value is -2.51. The first-order valence-electron chi connectivity index (χ1n) is 10.7. The van der Waals surface area contributed by atoms with Crippen molar-refractivity contribution in [1.29, 1.82) is 0 Å². The lowest BCUT2D eigenvalue weighted by Gasteiger charge is -2.26. The maximum Gasteiger partial charge on any atom is 0.191 e. The van der Waals surface area contributed by atoms with E-state index in [9.17, 15) is 0 Å². The average molecular weight is 414 g/mol. The van der Waals surface area contributed by atoms with Gasteiger partial charge >= 0.3 is 0 Å². The maximum atomic E-state index is 5.97. The Bertz CT molecular complexity index is 770. The Morgan fingerprint density at radius 1 is 1.17 bits per heavy atom. The van der Waals surface area contributed by atoms with E-state index in [1.807, 2.05) is 38.4 Å². The molecule has 1 unspecified atom stereocenters. The number of aliphatic imine (C=N–C) groups is 1. The number of para-hydroxylation sites is 1. The van der Waals surface area contributed by atoms with Gasteiger partial charge in [-0.3, -0.25) is 9.89 Å². The van der Waals surface area contributed by atoms with Crippen molar-refractivity contribution in [1.82, 2.24) is 20.4 Å². The number of likely N-dealkylation sites (N-methyl/N-ethyl adjacent to an activating group) is 1. The van der Waals surface area contributed by atoms with Crippen LogP contribution in [-0.4, -0.2) is 69.7 Å². The number of guanidine groups is 1. The van der Waals surface area contributed by atoms with Gasteiger partial charge in [0.2, 0.25) is 0 Å². The van der Waals surface area contributed by atoms with Gasteiger partial charge in [0.15, 0.2) is 5.96 Å². The second-order valence-electron chi connectivity index (χ2n) is 7.84. The number of likely N-dealkylation sites (tertiary alicyclic amines) is 1. The first kappa shape index (κ1) is 22.2. The van der Waals surface area contributed by atoms with Gasteiger partial charge in [0.1, 0.15) is 18.1 Å². The minimum Gasteiger partial charge on any atom is -0.492 e. The van der Waals surface area contributed by atoms with E-state index < -0.39 is 0 Å². The van der Waals surface area contributed by atoms with E-state index >= 15 is 0 Å². The number of benzene rings is 1. The van der Waals surface area contributed by atoms with Crippen LogP contribution in [0.4, 0.5) is 0 Å². The zero-order chi connectivity index (χ0) is 21.2. The summed E-state index contributed by atoms with van der Waals surface area (Å²) in [5.74, 6) is 2.68. The van der Waals surface area contributed by atoms with Gasteiger partial charge in [-0.1, -0.05) is 18.2 Å². The highest BCUT2D eigenvalue weighted by Crippen LogP contribution is 2.25. The molecule has 30 heavy (non-hydrogen) atoms. The second-order valence-corrected chi connectivity index (χ2v) is 7.84. The molecule has 7 heteroatoms. The standard InChI is InChI=1S/C23H35N5O2/c1-24-23(25-17-19-9-4-5-10-21(19)30-16-14-27(2)3)26-18-20(22-11-8-15-29-22)28-12-6-7-13-28/h4-5,8-11,15,20H,6-7,12-14,16-18H2,1-3H3,(H2,24,25,26). The fourth-order valence-corrected chi connectivity index (χ4v) is 3.67. The third-order valence-electron chi connectivity index (χ3n) is 5.35. The predicted octanol–water partition coefficient (Wildman–Crippen LogP) is 2.72. The minimum atomic E-state index is 0.211. The highest BCUT2D eigenvalue weighted by molar-refractivity contribution is 5.79. The molecule has 7 nitrogen and oxygen atoms in total. The lowest BCUT2D eigenvalue weighted by molar-refractivity contribution is 0.215. The molecule has 1 aromatic carbocycles. The van der Waals surface area contributed by atoms with Crippen LogP contribution in [0.1, 0.15) is 30.2 Å². The summed E-state index contributed by atoms with van der Waals surface area (Å²) in [6.07, 6.45) is 4.24. The average Bonchev–Trinajstić information content (AvgIpc) is 3.46. The zero-order valence-corrected chi connectivity index (χ0v) is 18.4. The van der Waals surface area contributed by atoms with Crippen LogP contribution in [0.3, 0.4) is 0 Å². The fourth-order valence-electron chi connectivity index (χ4n) is 3.67. The first-order chi connectivity index (χ1) is 14.7. The summed E-state index contributed by atoms with van der Waals surface area (Å²) in [6.45, 7) is 5.15. The van der Waals surface area contributed by atoms with Gasteiger partial charge in [-0.05, 0) is 58.2 Å². The summed E-state index contributed by atoms with van der Waals surface area (Å²) in [4.78, 5) is 8.99. The molecule has 1 aliphatic heterocycles. The van der Waals surface area contributed by atoms with E-state index in [4.69, 9.17) is 9.15 Å². The Morgan fingerprint density at radius 2 is 1.97 bits per heavy atom. The van der Waals surface area contributed by atoms with Gasteiger partial charge in [-0.2, -0.15) is 0 Å². The molecular formula is C23H35N5O2. The Balaban J connectivity index is 1.54. The number of nitrogens with zero attached hydrogens (tertiary/aromatic N) is 3. The fraction of sp³-hybridized carbons (Fsp3) is 0.522. The summed E-state index contributed by atoms with van der Waals surface area (Å²) in [7, 11) is 5.89. The van der Waals surface area contributed by atoms with Gasteiger partial charge in [0.25, 0.3) is 0 Å². The molecule has 2 N–H and O–H groups in total. The predicted molar refractivity (Wildman–Crippen MR) is 121 cm³/mol. The third-order valence-corrected chi connectivity index (χ3v) is 5.35. The SMILES string of the molecule is CN=C(NCc1ccccc1OCCN(C)C)NCC(c1ccco1)N1CCCC1. The largest absolute Gasteiger partial charge is 0.492 e. The molecule has 2 heterocycles. The molecule has 1 saturated heterocycles. The number of rotatable bonds is 10. The van der Waals surface area contributed by atoms with E-state index in [1.165, 1.54) is 12.8 Å². The van der Waals surface area contributed by atoms with Crippen LogP contribution in [0.25, 0.3) is 0 Å². The molecule has 2 aromatic rings. The molecular weight excluding hydrogens is 378 g/mol. The molecule has 164 valence electrons. The Kier molecular flexibility index (Phi) is 8.59. The Morgan fingerprint density at radius 3 is 2.67 bits per heavy atom. The smallest absolute Gasteiger partial charge is 0.191 e. The van der Waals surface area contributed by atoms with Gasteiger partial charge < -0.3 is 24.7 Å². The number of ether oxygens (including phenoxy) is 1. The van der Waals surface area contributed by atoms with Crippen molar-refractivity contribution in [3.05, 3.63) is 54.0 Å². The normalized spacial score (nSPS) is 16.1. The second kappa shape index (κ2) is 11.6. The highest BCUT2D eigenvalue weighted by atomic mass is 16.5. The van der Waals surface area contributed by atoms with Gasteiger partial charge in [0, 0.05) is 32.2 Å². The number of furan rings is 1. The summed E-state index contributed by atoms with van der Waals surface area (Å²) in [5.41, 5.74) is 1.11. The van der Waals surface area contributed by atoms with Crippen molar-refractivity contribution in [2.45, 2.75) is 25.4 Å². The zero-order valence-electron chi connectivity index (χ0n) is 18.4. The summed E-state index contributed by atoms with van der Waals surface area (Å²) < 4.78 is 11.7. The van der Waals surface area contributed by atoms with Gasteiger partial charge in [0.05, 0.1) is 12.3 Å². The summed E-state index contributed by atoms with van der Waals surface area (Å²) in [5, 5.41) is 6.89. The Labute approximate surface area is 180 Å². The van der Waals surface area contributed by atoms with Gasteiger partial charge in [-0.15, -0.1) is 0 Å². The van der Waals surface area contributed by atoms with Crippen molar-refractivity contribution in [3.8, 4) is 5.75 Å². The van der Waals surface area contributed by atoms with Crippen LogP contribution in [0, 0.1) is 0 Å². The van der Waals surface area contributed by atoms with Crippen molar-refractivity contribution >= 4 is 5.96 Å². The molecule has 0 spiro atoms. The molecule has 1 aromatic heterocycles. The molecule has 0 aliphatic carbocycles. The summed E-state index contributed by atoms with van der Waals surface area (Å²) in [6, 6.07) is 12.4. The molecule has 1 aliphatic rings. The van der Waals surface area contributed by atoms with Crippen LogP contribution in [0.2, 0.25) is 0 Å². The molecule has 1 fully saturated rings. The number of hydrogen-bond donors (Lipinski definition) is 2. The lowest BCUT2D eigenvalue weighted by Crippen LogP contribution is -2.42. The number of nitrogens with one attached hydrogen (secondary N) is 2. The molecule has 0 bridgehead atoms. The molecule has 0 saturated carbocycles. The molecule has 3 rings (SSSR count). The topological polar surface area (TPSA) is 65.3 Å². The quantitative estimate of drug-likeness (QED) is 0.461. The summed E-state index contributed by atoms with van der Waals surface area (Å²) >= 11 is 0. The first-order valence-corrected chi connectivity index (χ1v) is 10.7. The lowest BCUT2D eigenvalue weighted by atomic mass is 10.2. The van der Waals surface area contributed by atoms with Crippen LogP contribution in [-0.2, 0) is 6.54 Å². The van der Waals surface area contributed by atoms with E-state index in [0.717, 1.165) is 49.2 Å².